The van der Waals surface area contributed by atoms with E-state index < -0.39 is 0 Å². The van der Waals surface area contributed by atoms with Crippen molar-refractivity contribution in [3.63, 3.8) is 0 Å². The Morgan fingerprint density at radius 1 is 1.19 bits per heavy atom. The first-order chi connectivity index (χ1) is 10.1. The van der Waals surface area contributed by atoms with Gasteiger partial charge in [-0.25, -0.2) is 0 Å². The molecule has 21 heavy (non-hydrogen) atoms. The summed E-state index contributed by atoms with van der Waals surface area (Å²) in [4.78, 5) is 14.1. The lowest BCUT2D eigenvalue weighted by atomic mass is 10.0. The first-order valence-electron chi connectivity index (χ1n) is 6.34. The zero-order valence-corrected chi connectivity index (χ0v) is 12.9. The summed E-state index contributed by atoms with van der Waals surface area (Å²) in [6.45, 7) is 0. The fraction of sp³-hybridized carbons (Fsp3) is 0.0667. The van der Waals surface area contributed by atoms with Gasteiger partial charge in [-0.05, 0) is 23.8 Å². The maximum atomic E-state index is 11.5. The van der Waals surface area contributed by atoms with E-state index in [0.29, 0.717) is 11.5 Å². The Balaban J connectivity index is 2.25. The first-order valence-corrected chi connectivity index (χ1v) is 7.13. The number of pyridine rings is 1. The van der Waals surface area contributed by atoms with E-state index in [-0.39, 0.29) is 5.56 Å². The van der Waals surface area contributed by atoms with Crippen molar-refractivity contribution in [3.8, 4) is 22.4 Å². The third-order valence-corrected chi connectivity index (χ3v) is 3.80. The number of benzene rings is 1. The monoisotopic (exact) mass is 344 g/mol. The number of anilines is 1. The number of H-pyrrole nitrogens is 1. The summed E-state index contributed by atoms with van der Waals surface area (Å²) >= 11 is 3.42. The van der Waals surface area contributed by atoms with Crippen LogP contribution in [-0.4, -0.2) is 14.8 Å². The van der Waals surface area contributed by atoms with E-state index in [2.05, 4.69) is 26.0 Å². The van der Waals surface area contributed by atoms with E-state index in [9.17, 15) is 4.79 Å². The molecule has 0 aliphatic heterocycles. The van der Waals surface area contributed by atoms with Crippen molar-refractivity contribution >= 4 is 21.7 Å². The van der Waals surface area contributed by atoms with Crippen molar-refractivity contribution in [3.05, 3.63) is 57.4 Å². The van der Waals surface area contributed by atoms with E-state index in [4.69, 9.17) is 5.73 Å². The zero-order chi connectivity index (χ0) is 15.0. The molecule has 0 atom stereocenters. The van der Waals surface area contributed by atoms with Crippen LogP contribution in [-0.2, 0) is 7.05 Å². The summed E-state index contributed by atoms with van der Waals surface area (Å²) in [6.07, 6.45) is 1.61. The molecule has 0 radical (unpaired) electrons. The van der Waals surface area contributed by atoms with E-state index in [1.165, 1.54) is 6.07 Å². The molecule has 3 aromatic rings. The van der Waals surface area contributed by atoms with Crippen LogP contribution in [0.25, 0.3) is 22.4 Å². The molecule has 6 heteroatoms. The number of hydrogen-bond acceptors (Lipinski definition) is 3. The molecule has 0 unspecified atom stereocenters. The van der Waals surface area contributed by atoms with E-state index in [0.717, 1.165) is 21.2 Å². The van der Waals surface area contributed by atoms with Crippen LogP contribution < -0.4 is 11.3 Å². The Hall–Kier alpha value is -2.34. The highest BCUT2D eigenvalue weighted by Gasteiger charge is 2.17. The quantitative estimate of drug-likeness (QED) is 0.750. The molecule has 0 amide bonds. The van der Waals surface area contributed by atoms with Gasteiger partial charge in [0, 0.05) is 29.3 Å². The van der Waals surface area contributed by atoms with E-state index in [1.54, 1.807) is 17.9 Å². The molecule has 3 N–H and O–H groups in total. The lowest BCUT2D eigenvalue weighted by molar-refractivity contribution is 0.782. The van der Waals surface area contributed by atoms with Crippen LogP contribution >= 0.6 is 15.9 Å². The summed E-state index contributed by atoms with van der Waals surface area (Å²) in [5, 5.41) is 4.45. The third-order valence-electron chi connectivity index (χ3n) is 3.27. The number of nitrogens with zero attached hydrogens (tertiary/aromatic N) is 2. The zero-order valence-electron chi connectivity index (χ0n) is 11.3. The largest absolute Gasteiger partial charge is 0.383 e. The summed E-state index contributed by atoms with van der Waals surface area (Å²) < 4.78 is 2.61. The molecule has 0 aliphatic carbocycles. The molecule has 0 saturated heterocycles. The molecule has 106 valence electrons. The van der Waals surface area contributed by atoms with Crippen molar-refractivity contribution in [1.82, 2.24) is 14.8 Å². The number of nitrogens with two attached hydrogens (primary N) is 1. The number of nitrogen functional groups attached to an aromatic ring is 1. The Labute approximate surface area is 129 Å². The Morgan fingerprint density at radius 2 is 1.90 bits per heavy atom. The van der Waals surface area contributed by atoms with Crippen LogP contribution in [0.4, 0.5) is 5.82 Å². The van der Waals surface area contributed by atoms with Crippen LogP contribution in [0.5, 0.6) is 0 Å². The minimum atomic E-state index is -0.168. The molecule has 0 spiro atoms. The SMILES string of the molecule is Cn1nc(-c2cc[nH]c(=O)c2)c(-c2ccc(Br)cc2)c1N. The van der Waals surface area contributed by atoms with Crippen molar-refractivity contribution < 1.29 is 0 Å². The van der Waals surface area contributed by atoms with Crippen LogP contribution in [0, 0.1) is 0 Å². The lowest BCUT2D eigenvalue weighted by Crippen LogP contribution is -2.02. The molecule has 0 fully saturated rings. The average Bonchev–Trinajstić information content (AvgIpc) is 2.76. The summed E-state index contributed by atoms with van der Waals surface area (Å²) in [5.41, 5.74) is 9.21. The summed E-state index contributed by atoms with van der Waals surface area (Å²) in [6, 6.07) is 11.2. The molecule has 1 aromatic carbocycles. The highest BCUT2D eigenvalue weighted by molar-refractivity contribution is 9.10. The molecule has 2 aromatic heterocycles. The first kappa shape index (κ1) is 13.6. The second kappa shape index (κ2) is 5.21. The normalized spacial score (nSPS) is 10.8. The number of nitrogens with one attached hydrogen (secondary N) is 1. The second-order valence-electron chi connectivity index (χ2n) is 4.68. The molecule has 0 saturated carbocycles. The topological polar surface area (TPSA) is 76.7 Å². The highest BCUT2D eigenvalue weighted by Crippen LogP contribution is 2.35. The lowest BCUT2D eigenvalue weighted by Gasteiger charge is -2.04. The second-order valence-corrected chi connectivity index (χ2v) is 5.60. The maximum absolute atomic E-state index is 11.5. The third kappa shape index (κ3) is 2.50. The number of aromatic nitrogens is 3. The molecular formula is C15H13BrN4O. The van der Waals surface area contributed by atoms with Gasteiger partial charge < -0.3 is 10.7 Å². The fourth-order valence-electron chi connectivity index (χ4n) is 2.23. The highest BCUT2D eigenvalue weighted by atomic mass is 79.9. The van der Waals surface area contributed by atoms with Crippen LogP contribution in [0.1, 0.15) is 0 Å². The minimum absolute atomic E-state index is 0.168. The van der Waals surface area contributed by atoms with Gasteiger partial charge in [-0.15, -0.1) is 0 Å². The maximum Gasteiger partial charge on any atom is 0.248 e. The standard InChI is InChI=1S/C15H13BrN4O/c1-20-15(17)13(9-2-4-11(16)5-3-9)14(19-20)10-6-7-18-12(21)8-10/h2-8H,17H2,1H3,(H,18,21). The van der Waals surface area contributed by atoms with Crippen molar-refractivity contribution in [2.45, 2.75) is 0 Å². The van der Waals surface area contributed by atoms with Gasteiger partial charge >= 0.3 is 0 Å². The van der Waals surface area contributed by atoms with Crippen molar-refractivity contribution in [1.29, 1.82) is 0 Å². The molecular weight excluding hydrogens is 332 g/mol. The molecule has 3 rings (SSSR count). The number of hydrogen-bond donors (Lipinski definition) is 2. The van der Waals surface area contributed by atoms with Gasteiger partial charge in [-0.2, -0.15) is 5.10 Å². The average molecular weight is 345 g/mol. The Bertz CT molecular complexity index is 849. The van der Waals surface area contributed by atoms with Gasteiger partial charge in [0.25, 0.3) is 0 Å². The van der Waals surface area contributed by atoms with Gasteiger partial charge in [0.05, 0.1) is 5.56 Å². The minimum Gasteiger partial charge on any atom is -0.383 e. The van der Waals surface area contributed by atoms with Crippen LogP contribution in [0.3, 0.4) is 0 Å². The predicted octanol–water partition coefficient (Wildman–Crippen LogP) is 2.79. The van der Waals surface area contributed by atoms with Gasteiger partial charge in [0.1, 0.15) is 11.5 Å². The molecule has 0 bridgehead atoms. The Kier molecular flexibility index (Phi) is 3.39. The van der Waals surface area contributed by atoms with E-state index in [1.807, 2.05) is 30.3 Å². The van der Waals surface area contributed by atoms with Gasteiger partial charge in [-0.3, -0.25) is 9.48 Å². The van der Waals surface area contributed by atoms with Gasteiger partial charge in [0.2, 0.25) is 5.56 Å². The number of rotatable bonds is 2. The number of aromatic amines is 1. The van der Waals surface area contributed by atoms with Crippen molar-refractivity contribution in [2.75, 3.05) is 5.73 Å². The number of aryl methyl sites for hydroxylation is 1. The van der Waals surface area contributed by atoms with Crippen LogP contribution in [0.2, 0.25) is 0 Å². The fourth-order valence-corrected chi connectivity index (χ4v) is 2.50. The summed E-state index contributed by atoms with van der Waals surface area (Å²) in [5.74, 6) is 0.563. The predicted molar refractivity (Wildman–Crippen MR) is 86.8 cm³/mol. The van der Waals surface area contributed by atoms with Gasteiger partial charge in [0.15, 0.2) is 0 Å². The molecule has 0 aliphatic rings. The van der Waals surface area contributed by atoms with E-state index >= 15 is 0 Å². The van der Waals surface area contributed by atoms with Gasteiger partial charge in [-0.1, -0.05) is 28.1 Å². The number of halogens is 1. The summed E-state index contributed by atoms with van der Waals surface area (Å²) in [7, 11) is 1.79. The smallest absolute Gasteiger partial charge is 0.248 e. The van der Waals surface area contributed by atoms with Crippen molar-refractivity contribution in [2.24, 2.45) is 7.05 Å². The Morgan fingerprint density at radius 3 is 2.57 bits per heavy atom. The van der Waals surface area contributed by atoms with Crippen LogP contribution in [0.15, 0.2) is 51.9 Å². The molecule has 5 nitrogen and oxygen atoms in total. The molecule has 2 heterocycles.